The molecule has 2 aromatic carbocycles. The highest BCUT2D eigenvalue weighted by molar-refractivity contribution is 6.30. The number of nitrogens with zero attached hydrogens (tertiary/aromatic N) is 2. The number of hydrogen-bond acceptors (Lipinski definition) is 4. The molecule has 0 aliphatic heterocycles. The van der Waals surface area contributed by atoms with Crippen LogP contribution in [-0.4, -0.2) is 9.97 Å². The molecule has 1 aromatic heterocycles. The van der Waals surface area contributed by atoms with Crippen LogP contribution in [0.4, 0.5) is 5.69 Å². The van der Waals surface area contributed by atoms with Crippen LogP contribution in [0.1, 0.15) is 5.56 Å². The van der Waals surface area contributed by atoms with E-state index in [1.165, 1.54) is 6.33 Å². The molecule has 0 aliphatic carbocycles. The number of ether oxygens (including phenoxy) is 1. The van der Waals surface area contributed by atoms with Crippen molar-refractivity contribution in [3.05, 3.63) is 59.4 Å². The molecule has 0 spiro atoms. The van der Waals surface area contributed by atoms with E-state index in [4.69, 9.17) is 22.1 Å². The van der Waals surface area contributed by atoms with Gasteiger partial charge in [-0.3, -0.25) is 0 Å². The minimum atomic E-state index is 0.424. The summed E-state index contributed by atoms with van der Waals surface area (Å²) in [5, 5.41) is 1.55. The zero-order valence-electron chi connectivity index (χ0n) is 10.6. The fourth-order valence-electron chi connectivity index (χ4n) is 1.90. The Labute approximate surface area is 121 Å². The lowest BCUT2D eigenvalue weighted by Crippen LogP contribution is -1.99. The Morgan fingerprint density at radius 3 is 2.65 bits per heavy atom. The van der Waals surface area contributed by atoms with Crippen molar-refractivity contribution in [3.8, 4) is 5.88 Å². The standard InChI is InChI=1S/C15H12ClN3O/c16-11-3-1-10(2-4-11)8-20-15-13-6-5-12(17)7-14(13)18-9-19-15/h1-7,9H,8,17H2. The molecule has 0 saturated carbocycles. The van der Waals surface area contributed by atoms with Crippen LogP contribution in [0, 0.1) is 0 Å². The van der Waals surface area contributed by atoms with Gasteiger partial charge in [0, 0.05) is 10.7 Å². The van der Waals surface area contributed by atoms with Crippen molar-refractivity contribution in [3.63, 3.8) is 0 Å². The minimum Gasteiger partial charge on any atom is -0.472 e. The van der Waals surface area contributed by atoms with Gasteiger partial charge in [0.1, 0.15) is 12.9 Å². The third kappa shape index (κ3) is 2.65. The quantitative estimate of drug-likeness (QED) is 0.749. The normalized spacial score (nSPS) is 10.7. The van der Waals surface area contributed by atoms with E-state index >= 15 is 0 Å². The lowest BCUT2D eigenvalue weighted by molar-refractivity contribution is 0.297. The van der Waals surface area contributed by atoms with Crippen LogP contribution in [0.25, 0.3) is 10.9 Å². The molecule has 3 aromatic rings. The minimum absolute atomic E-state index is 0.424. The smallest absolute Gasteiger partial charge is 0.224 e. The Hall–Kier alpha value is -2.33. The van der Waals surface area contributed by atoms with Crippen LogP contribution in [0.15, 0.2) is 48.8 Å². The SMILES string of the molecule is Nc1ccc2c(OCc3ccc(Cl)cc3)ncnc2c1. The summed E-state index contributed by atoms with van der Waals surface area (Å²) in [5.74, 6) is 0.546. The summed E-state index contributed by atoms with van der Waals surface area (Å²) in [6.07, 6.45) is 1.47. The summed E-state index contributed by atoms with van der Waals surface area (Å²) in [6, 6.07) is 13.0. The number of benzene rings is 2. The van der Waals surface area contributed by atoms with E-state index in [-0.39, 0.29) is 0 Å². The van der Waals surface area contributed by atoms with Crippen molar-refractivity contribution in [2.75, 3.05) is 5.73 Å². The number of halogens is 1. The monoisotopic (exact) mass is 285 g/mol. The van der Waals surface area contributed by atoms with Gasteiger partial charge in [-0.05, 0) is 35.9 Å². The van der Waals surface area contributed by atoms with Gasteiger partial charge in [-0.25, -0.2) is 9.97 Å². The van der Waals surface area contributed by atoms with E-state index in [1.54, 1.807) is 12.1 Å². The summed E-state index contributed by atoms with van der Waals surface area (Å²) in [5.41, 5.74) is 8.20. The van der Waals surface area contributed by atoms with Crippen molar-refractivity contribution in [2.24, 2.45) is 0 Å². The van der Waals surface area contributed by atoms with Crippen molar-refractivity contribution >= 4 is 28.2 Å². The van der Waals surface area contributed by atoms with Gasteiger partial charge in [0.2, 0.25) is 5.88 Å². The van der Waals surface area contributed by atoms with Crippen LogP contribution >= 0.6 is 11.6 Å². The first-order valence-corrected chi connectivity index (χ1v) is 6.47. The first-order chi connectivity index (χ1) is 9.72. The molecule has 3 rings (SSSR count). The summed E-state index contributed by atoms with van der Waals surface area (Å²) in [7, 11) is 0. The maximum absolute atomic E-state index is 5.85. The van der Waals surface area contributed by atoms with Gasteiger partial charge < -0.3 is 10.5 Å². The predicted molar refractivity (Wildman–Crippen MR) is 79.7 cm³/mol. The average Bonchev–Trinajstić information content (AvgIpc) is 2.46. The maximum Gasteiger partial charge on any atom is 0.224 e. The van der Waals surface area contributed by atoms with Gasteiger partial charge in [0.15, 0.2) is 0 Å². The molecule has 0 atom stereocenters. The third-order valence-corrected chi connectivity index (χ3v) is 3.16. The van der Waals surface area contributed by atoms with E-state index in [9.17, 15) is 0 Å². The van der Waals surface area contributed by atoms with Crippen LogP contribution in [0.2, 0.25) is 5.02 Å². The van der Waals surface area contributed by atoms with Crippen molar-refractivity contribution in [2.45, 2.75) is 6.61 Å². The second kappa shape index (κ2) is 5.35. The molecule has 20 heavy (non-hydrogen) atoms. The number of fused-ring (bicyclic) bond motifs is 1. The van der Waals surface area contributed by atoms with E-state index in [0.29, 0.717) is 23.2 Å². The van der Waals surface area contributed by atoms with E-state index in [1.807, 2.05) is 30.3 Å². The fraction of sp³-hybridized carbons (Fsp3) is 0.0667. The number of hydrogen-bond donors (Lipinski definition) is 1. The first kappa shape index (κ1) is 12.7. The second-order valence-electron chi connectivity index (χ2n) is 4.37. The van der Waals surface area contributed by atoms with Crippen LogP contribution in [0.3, 0.4) is 0 Å². The Balaban J connectivity index is 1.85. The largest absolute Gasteiger partial charge is 0.472 e. The molecule has 4 nitrogen and oxygen atoms in total. The summed E-state index contributed by atoms with van der Waals surface area (Å²) in [4.78, 5) is 8.35. The predicted octanol–water partition coefficient (Wildman–Crippen LogP) is 3.44. The molecule has 0 aliphatic rings. The molecule has 0 unspecified atom stereocenters. The number of rotatable bonds is 3. The highest BCUT2D eigenvalue weighted by atomic mass is 35.5. The molecule has 1 heterocycles. The molecule has 0 fully saturated rings. The fourth-order valence-corrected chi connectivity index (χ4v) is 2.02. The maximum atomic E-state index is 5.85. The van der Waals surface area contributed by atoms with E-state index in [2.05, 4.69) is 9.97 Å². The summed E-state index contributed by atoms with van der Waals surface area (Å²) in [6.45, 7) is 0.424. The molecule has 2 N–H and O–H groups in total. The molecule has 0 bridgehead atoms. The van der Waals surface area contributed by atoms with Crippen LogP contribution in [-0.2, 0) is 6.61 Å². The van der Waals surface area contributed by atoms with Gasteiger partial charge in [-0.2, -0.15) is 0 Å². The van der Waals surface area contributed by atoms with Crippen LogP contribution in [0.5, 0.6) is 5.88 Å². The Morgan fingerprint density at radius 2 is 1.85 bits per heavy atom. The second-order valence-corrected chi connectivity index (χ2v) is 4.81. The zero-order chi connectivity index (χ0) is 13.9. The first-order valence-electron chi connectivity index (χ1n) is 6.10. The van der Waals surface area contributed by atoms with Gasteiger partial charge in [0.05, 0.1) is 10.9 Å². The Kier molecular flexibility index (Phi) is 3.39. The van der Waals surface area contributed by atoms with Crippen molar-refractivity contribution in [1.29, 1.82) is 0 Å². The number of aromatic nitrogens is 2. The lowest BCUT2D eigenvalue weighted by Gasteiger charge is -2.08. The highest BCUT2D eigenvalue weighted by Crippen LogP contribution is 2.23. The summed E-state index contributed by atoms with van der Waals surface area (Å²) < 4.78 is 5.75. The zero-order valence-corrected chi connectivity index (χ0v) is 11.3. The van der Waals surface area contributed by atoms with Gasteiger partial charge in [-0.1, -0.05) is 23.7 Å². The number of nitrogen functional groups attached to an aromatic ring is 1. The molecule has 0 saturated heterocycles. The molecule has 5 heteroatoms. The van der Waals surface area contributed by atoms with Crippen LogP contribution < -0.4 is 10.5 Å². The average molecular weight is 286 g/mol. The number of nitrogens with two attached hydrogens (primary N) is 1. The van der Waals surface area contributed by atoms with E-state index < -0.39 is 0 Å². The summed E-state index contributed by atoms with van der Waals surface area (Å²) >= 11 is 5.85. The molecule has 0 radical (unpaired) electrons. The third-order valence-electron chi connectivity index (χ3n) is 2.91. The highest BCUT2D eigenvalue weighted by Gasteiger charge is 2.05. The topological polar surface area (TPSA) is 61.0 Å². The van der Waals surface area contributed by atoms with Crippen molar-refractivity contribution in [1.82, 2.24) is 9.97 Å². The van der Waals surface area contributed by atoms with Gasteiger partial charge >= 0.3 is 0 Å². The molecule has 0 amide bonds. The lowest BCUT2D eigenvalue weighted by atomic mass is 10.2. The van der Waals surface area contributed by atoms with Crippen molar-refractivity contribution < 1.29 is 4.74 Å². The van der Waals surface area contributed by atoms with E-state index in [0.717, 1.165) is 16.5 Å². The molecular weight excluding hydrogens is 274 g/mol. The number of anilines is 1. The van der Waals surface area contributed by atoms with Gasteiger partial charge in [-0.15, -0.1) is 0 Å². The molecule has 100 valence electrons. The molecular formula is C15H12ClN3O. The van der Waals surface area contributed by atoms with Gasteiger partial charge in [0.25, 0.3) is 0 Å². The Morgan fingerprint density at radius 1 is 1.05 bits per heavy atom. The Bertz CT molecular complexity index is 744.